The second-order valence-electron chi connectivity index (χ2n) is 4.14. The quantitative estimate of drug-likeness (QED) is 0.744. The predicted octanol–water partition coefficient (Wildman–Crippen LogP) is 2.52. The molecule has 0 N–H and O–H groups in total. The molecule has 0 radical (unpaired) electrons. The Bertz CT molecular complexity index is 348. The maximum absolute atomic E-state index is 11.2. The second kappa shape index (κ2) is 5.43. The van der Waals surface area contributed by atoms with E-state index in [0.29, 0.717) is 6.42 Å². The van der Waals surface area contributed by atoms with Crippen molar-refractivity contribution < 1.29 is 9.53 Å². The highest BCUT2D eigenvalue weighted by molar-refractivity contribution is 7.11. The fourth-order valence-electron chi connectivity index (χ4n) is 2.03. The number of methoxy groups -OCH3 is 1. The van der Waals surface area contributed by atoms with Crippen molar-refractivity contribution in [3.63, 3.8) is 0 Å². The minimum Gasteiger partial charge on any atom is -0.469 e. The van der Waals surface area contributed by atoms with Crippen LogP contribution in [0.25, 0.3) is 0 Å². The maximum Gasteiger partial charge on any atom is 0.312 e. The lowest BCUT2D eigenvalue weighted by Gasteiger charge is -2.06. The molecule has 0 spiro atoms. The molecule has 0 unspecified atom stereocenters. The Morgan fingerprint density at radius 1 is 1.31 bits per heavy atom. The van der Waals surface area contributed by atoms with Crippen molar-refractivity contribution in [1.29, 1.82) is 0 Å². The zero-order valence-electron chi connectivity index (χ0n) is 9.62. The number of carbonyl (C=O) groups is 1. The molecule has 0 atom stereocenters. The minimum absolute atomic E-state index is 0.193. The first-order valence-electron chi connectivity index (χ1n) is 5.84. The first-order chi connectivity index (χ1) is 7.79. The van der Waals surface area contributed by atoms with Crippen molar-refractivity contribution in [1.82, 2.24) is 4.98 Å². The van der Waals surface area contributed by atoms with Gasteiger partial charge in [-0.05, 0) is 25.7 Å². The zero-order valence-corrected chi connectivity index (χ0v) is 10.4. The smallest absolute Gasteiger partial charge is 0.312 e. The monoisotopic (exact) mass is 239 g/mol. The van der Waals surface area contributed by atoms with Gasteiger partial charge in [-0.25, -0.2) is 4.98 Å². The molecule has 1 aromatic rings. The molecule has 1 aliphatic carbocycles. The third-order valence-electron chi connectivity index (χ3n) is 2.91. The van der Waals surface area contributed by atoms with Gasteiger partial charge in [0, 0.05) is 4.88 Å². The van der Waals surface area contributed by atoms with Crippen LogP contribution >= 0.6 is 11.3 Å². The summed E-state index contributed by atoms with van der Waals surface area (Å²) in [7, 11) is 1.42. The Labute approximate surface area is 99.8 Å². The maximum atomic E-state index is 11.2. The van der Waals surface area contributed by atoms with Gasteiger partial charge in [0.2, 0.25) is 0 Å². The summed E-state index contributed by atoms with van der Waals surface area (Å²) in [6.45, 7) is 0. The summed E-state index contributed by atoms with van der Waals surface area (Å²) in [6, 6.07) is 0. The molecule has 0 aromatic carbocycles. The van der Waals surface area contributed by atoms with Crippen LogP contribution in [-0.2, 0) is 28.8 Å². The number of nitrogens with zero attached hydrogens (tertiary/aromatic N) is 1. The highest BCUT2D eigenvalue weighted by Crippen LogP contribution is 2.25. The number of ether oxygens (including phenoxy) is 1. The third-order valence-corrected chi connectivity index (χ3v) is 4.07. The van der Waals surface area contributed by atoms with Crippen LogP contribution in [0.1, 0.15) is 41.3 Å². The molecule has 16 heavy (non-hydrogen) atoms. The molecule has 3 nitrogen and oxygen atoms in total. The Hall–Kier alpha value is -0.900. The Morgan fingerprint density at radius 3 is 2.81 bits per heavy atom. The van der Waals surface area contributed by atoms with Gasteiger partial charge in [-0.1, -0.05) is 12.8 Å². The normalized spacial score (nSPS) is 16.1. The van der Waals surface area contributed by atoms with Crippen LogP contribution in [0.2, 0.25) is 0 Å². The van der Waals surface area contributed by atoms with E-state index in [-0.39, 0.29) is 5.97 Å². The fourth-order valence-corrected chi connectivity index (χ4v) is 3.17. The number of esters is 1. The Kier molecular flexibility index (Phi) is 3.93. The van der Waals surface area contributed by atoms with Crippen molar-refractivity contribution in [3.05, 3.63) is 15.6 Å². The summed E-state index contributed by atoms with van der Waals surface area (Å²) < 4.78 is 4.66. The van der Waals surface area contributed by atoms with Gasteiger partial charge in [-0.2, -0.15) is 0 Å². The topological polar surface area (TPSA) is 39.2 Å². The summed E-state index contributed by atoms with van der Waals surface area (Å²) in [5.41, 5.74) is 1.23. The van der Waals surface area contributed by atoms with Crippen molar-refractivity contribution in [2.24, 2.45) is 0 Å². The number of carbonyl (C=O) groups excluding carboxylic acids is 1. The van der Waals surface area contributed by atoms with Gasteiger partial charge in [-0.3, -0.25) is 4.79 Å². The average molecular weight is 239 g/mol. The van der Waals surface area contributed by atoms with Gasteiger partial charge in [0.05, 0.1) is 19.2 Å². The number of aromatic nitrogens is 1. The molecule has 1 aromatic heterocycles. The lowest BCUT2D eigenvalue weighted by atomic mass is 10.0. The second-order valence-corrected chi connectivity index (χ2v) is 5.31. The van der Waals surface area contributed by atoms with E-state index < -0.39 is 0 Å². The van der Waals surface area contributed by atoms with Gasteiger partial charge >= 0.3 is 5.97 Å². The lowest BCUT2D eigenvalue weighted by Crippen LogP contribution is -2.04. The summed E-state index contributed by atoms with van der Waals surface area (Å²) in [5, 5.41) is 0.916. The van der Waals surface area contributed by atoms with Gasteiger partial charge in [0.1, 0.15) is 5.01 Å². The van der Waals surface area contributed by atoms with Crippen LogP contribution in [0.5, 0.6) is 0 Å². The summed E-state index contributed by atoms with van der Waals surface area (Å²) in [4.78, 5) is 17.1. The molecule has 1 aliphatic rings. The van der Waals surface area contributed by atoms with Crippen molar-refractivity contribution in [2.75, 3.05) is 7.11 Å². The van der Waals surface area contributed by atoms with Crippen LogP contribution in [0.4, 0.5) is 0 Å². The van der Waals surface area contributed by atoms with Gasteiger partial charge < -0.3 is 4.74 Å². The summed E-state index contributed by atoms with van der Waals surface area (Å²) in [6.07, 6.45) is 7.66. The van der Waals surface area contributed by atoms with E-state index in [1.54, 1.807) is 11.3 Å². The van der Waals surface area contributed by atoms with E-state index in [1.807, 2.05) is 0 Å². The average Bonchev–Trinajstić information content (AvgIpc) is 2.60. The Balaban J connectivity index is 2.11. The molecule has 0 fully saturated rings. The van der Waals surface area contributed by atoms with Crippen molar-refractivity contribution >= 4 is 17.3 Å². The van der Waals surface area contributed by atoms with Crippen LogP contribution < -0.4 is 0 Å². The van der Waals surface area contributed by atoms with E-state index in [4.69, 9.17) is 0 Å². The lowest BCUT2D eigenvalue weighted by molar-refractivity contribution is -0.139. The van der Waals surface area contributed by atoms with Crippen LogP contribution in [-0.4, -0.2) is 18.1 Å². The number of thiazole rings is 1. The molecule has 0 saturated heterocycles. The summed E-state index contributed by atoms with van der Waals surface area (Å²) >= 11 is 1.69. The highest BCUT2D eigenvalue weighted by Gasteiger charge is 2.15. The SMILES string of the molecule is COC(=O)Cc1nc2c(s1)CCCCCC2. The number of hydrogen-bond donors (Lipinski definition) is 0. The third kappa shape index (κ3) is 2.82. The van der Waals surface area contributed by atoms with E-state index in [1.165, 1.54) is 43.4 Å². The number of rotatable bonds is 2. The van der Waals surface area contributed by atoms with Gasteiger partial charge in [-0.15, -0.1) is 11.3 Å². The van der Waals surface area contributed by atoms with E-state index in [9.17, 15) is 4.79 Å². The number of aryl methyl sites for hydroxylation is 2. The first-order valence-corrected chi connectivity index (χ1v) is 6.65. The molecule has 4 heteroatoms. The molecule has 88 valence electrons. The van der Waals surface area contributed by atoms with Crippen LogP contribution in [0.15, 0.2) is 0 Å². The first kappa shape index (κ1) is 11.6. The van der Waals surface area contributed by atoms with E-state index in [0.717, 1.165) is 17.8 Å². The molecule has 2 rings (SSSR count). The van der Waals surface area contributed by atoms with Crippen molar-refractivity contribution in [3.8, 4) is 0 Å². The zero-order chi connectivity index (χ0) is 11.4. The summed E-state index contributed by atoms with van der Waals surface area (Å²) in [5.74, 6) is -0.193. The molecule has 0 bridgehead atoms. The number of hydrogen-bond acceptors (Lipinski definition) is 4. The molecule has 1 heterocycles. The fraction of sp³-hybridized carbons (Fsp3) is 0.667. The highest BCUT2D eigenvalue weighted by atomic mass is 32.1. The van der Waals surface area contributed by atoms with Gasteiger partial charge in [0.15, 0.2) is 0 Å². The number of fused-ring (bicyclic) bond motifs is 1. The van der Waals surface area contributed by atoms with Crippen molar-refractivity contribution in [2.45, 2.75) is 44.9 Å². The standard InChI is InChI=1S/C12H17NO2S/c1-15-12(14)8-11-13-9-6-4-2-3-5-7-10(9)16-11/h2-8H2,1H3. The molecular formula is C12H17NO2S. The molecule has 0 aliphatic heterocycles. The molecule has 0 saturated carbocycles. The largest absolute Gasteiger partial charge is 0.469 e. The molecular weight excluding hydrogens is 222 g/mol. The van der Waals surface area contributed by atoms with Crippen LogP contribution in [0, 0.1) is 0 Å². The van der Waals surface area contributed by atoms with E-state index >= 15 is 0 Å². The van der Waals surface area contributed by atoms with E-state index in [2.05, 4.69) is 9.72 Å². The minimum atomic E-state index is -0.193. The Morgan fingerprint density at radius 2 is 2.06 bits per heavy atom. The predicted molar refractivity (Wildman–Crippen MR) is 63.7 cm³/mol. The van der Waals surface area contributed by atoms with Crippen LogP contribution in [0.3, 0.4) is 0 Å². The molecule has 0 amide bonds. The van der Waals surface area contributed by atoms with Gasteiger partial charge in [0.25, 0.3) is 0 Å².